The van der Waals surface area contributed by atoms with E-state index < -0.39 is 20.5 Å². The van der Waals surface area contributed by atoms with Crippen LogP contribution < -0.4 is 5.32 Å². The lowest BCUT2D eigenvalue weighted by atomic mass is 9.64. The fourth-order valence-electron chi connectivity index (χ4n) is 3.24. The molecule has 1 aliphatic carbocycles. The highest BCUT2D eigenvalue weighted by Gasteiger charge is 2.39. The molecular formula is C19H18BrF2NO3S. The van der Waals surface area contributed by atoms with Crippen LogP contribution in [0.1, 0.15) is 35.2 Å². The molecule has 0 bridgehead atoms. The smallest absolute Gasteiger partial charge is 0.341 e. The molecule has 0 aromatic heterocycles. The van der Waals surface area contributed by atoms with Gasteiger partial charge in [-0.05, 0) is 54.8 Å². The molecule has 27 heavy (non-hydrogen) atoms. The van der Waals surface area contributed by atoms with Gasteiger partial charge in [-0.25, -0.2) is 8.42 Å². The number of hydrogen-bond donors (Lipinski definition) is 1. The van der Waals surface area contributed by atoms with Crippen LogP contribution in [-0.4, -0.2) is 26.6 Å². The Balaban J connectivity index is 1.70. The third-order valence-electron chi connectivity index (χ3n) is 5.01. The highest BCUT2D eigenvalue weighted by atomic mass is 79.9. The largest absolute Gasteiger partial charge is 0.351 e. The van der Waals surface area contributed by atoms with E-state index in [9.17, 15) is 22.0 Å². The molecule has 4 nitrogen and oxygen atoms in total. The van der Waals surface area contributed by atoms with Gasteiger partial charge in [0.1, 0.15) is 0 Å². The van der Waals surface area contributed by atoms with Crippen molar-refractivity contribution in [3.8, 4) is 0 Å². The Labute approximate surface area is 165 Å². The number of carbonyl (C=O) groups excluding carboxylic acids is 1. The molecule has 0 radical (unpaired) electrons. The lowest BCUT2D eigenvalue weighted by Gasteiger charge is -2.42. The average Bonchev–Trinajstić information content (AvgIpc) is 2.60. The molecule has 2 aromatic carbocycles. The standard InChI is InChI=1S/C19H18BrF2NO3S/c20-15-4-1-3-14(11-15)19(9-2-10-19)12-23-17(24)13-5-7-16(8-6-13)27(25,26)18(21)22/h1,3-8,11,18H,2,9-10,12H2,(H,23,24). The summed E-state index contributed by atoms with van der Waals surface area (Å²) in [5.74, 6) is -3.85. The van der Waals surface area contributed by atoms with E-state index in [0.29, 0.717) is 6.54 Å². The van der Waals surface area contributed by atoms with Gasteiger partial charge < -0.3 is 5.32 Å². The third-order valence-corrected chi connectivity index (χ3v) is 6.91. The van der Waals surface area contributed by atoms with Crippen molar-refractivity contribution in [2.24, 2.45) is 0 Å². The third kappa shape index (κ3) is 4.06. The predicted molar refractivity (Wildman–Crippen MR) is 102 cm³/mol. The van der Waals surface area contributed by atoms with E-state index in [1.165, 1.54) is 12.1 Å². The number of nitrogens with one attached hydrogen (secondary N) is 1. The van der Waals surface area contributed by atoms with Crippen LogP contribution in [-0.2, 0) is 15.3 Å². The molecule has 2 aromatic rings. The summed E-state index contributed by atoms with van der Waals surface area (Å²) in [7, 11) is -4.66. The number of rotatable bonds is 6. The van der Waals surface area contributed by atoms with Gasteiger partial charge >= 0.3 is 5.76 Å². The van der Waals surface area contributed by atoms with Crippen LogP contribution in [0.2, 0.25) is 0 Å². The molecule has 1 fully saturated rings. The molecule has 0 heterocycles. The molecule has 144 valence electrons. The molecule has 0 atom stereocenters. The Morgan fingerprint density at radius 2 is 1.81 bits per heavy atom. The first kappa shape index (κ1) is 19.9. The molecule has 0 saturated heterocycles. The van der Waals surface area contributed by atoms with Crippen LogP contribution in [0.5, 0.6) is 0 Å². The number of benzene rings is 2. The first-order valence-electron chi connectivity index (χ1n) is 8.41. The number of hydrogen-bond acceptors (Lipinski definition) is 3. The van der Waals surface area contributed by atoms with Gasteiger partial charge in [0.2, 0.25) is 9.84 Å². The summed E-state index contributed by atoms with van der Waals surface area (Å²) in [4.78, 5) is 11.9. The average molecular weight is 458 g/mol. The van der Waals surface area contributed by atoms with Crippen LogP contribution in [0.25, 0.3) is 0 Å². The van der Waals surface area contributed by atoms with E-state index in [-0.39, 0.29) is 16.9 Å². The molecule has 1 N–H and O–H groups in total. The van der Waals surface area contributed by atoms with Gasteiger partial charge in [-0.15, -0.1) is 0 Å². The highest BCUT2D eigenvalue weighted by molar-refractivity contribution is 9.10. The van der Waals surface area contributed by atoms with Gasteiger partial charge in [-0.2, -0.15) is 8.78 Å². The lowest BCUT2D eigenvalue weighted by Crippen LogP contribution is -2.45. The number of sulfone groups is 1. The topological polar surface area (TPSA) is 63.2 Å². The Hall–Kier alpha value is -1.80. The van der Waals surface area contributed by atoms with Crippen molar-refractivity contribution in [2.45, 2.75) is 35.3 Å². The van der Waals surface area contributed by atoms with Crippen LogP contribution in [0, 0.1) is 0 Å². The molecular weight excluding hydrogens is 440 g/mol. The fraction of sp³-hybridized carbons (Fsp3) is 0.316. The first-order valence-corrected chi connectivity index (χ1v) is 10.7. The summed E-state index contributed by atoms with van der Waals surface area (Å²) in [5.41, 5.74) is 1.27. The van der Waals surface area contributed by atoms with Crippen LogP contribution in [0.4, 0.5) is 8.78 Å². The molecule has 1 aliphatic rings. The van der Waals surface area contributed by atoms with Gasteiger partial charge in [0.15, 0.2) is 0 Å². The number of alkyl halides is 2. The molecule has 1 saturated carbocycles. The summed E-state index contributed by atoms with van der Waals surface area (Å²) in [6, 6.07) is 12.6. The van der Waals surface area contributed by atoms with E-state index in [0.717, 1.165) is 41.4 Å². The van der Waals surface area contributed by atoms with E-state index in [1.54, 1.807) is 0 Å². The van der Waals surface area contributed by atoms with Crippen molar-refractivity contribution < 1.29 is 22.0 Å². The minimum absolute atomic E-state index is 0.113. The summed E-state index contributed by atoms with van der Waals surface area (Å²) in [6.45, 7) is 0.458. The summed E-state index contributed by atoms with van der Waals surface area (Å²) in [6.07, 6.45) is 3.02. The summed E-state index contributed by atoms with van der Waals surface area (Å²) >= 11 is 3.47. The van der Waals surface area contributed by atoms with Crippen molar-refractivity contribution in [2.75, 3.05) is 6.54 Å². The molecule has 8 heteroatoms. The van der Waals surface area contributed by atoms with Gasteiger partial charge in [-0.1, -0.05) is 34.5 Å². The SMILES string of the molecule is O=C(NCC1(c2cccc(Br)c2)CCC1)c1ccc(S(=O)(=O)C(F)F)cc1. The maximum absolute atomic E-state index is 12.6. The van der Waals surface area contributed by atoms with E-state index in [4.69, 9.17) is 0 Å². The Kier molecular flexibility index (Phi) is 5.67. The molecule has 3 rings (SSSR count). The monoisotopic (exact) mass is 457 g/mol. The summed E-state index contributed by atoms with van der Waals surface area (Å²) in [5, 5.41) is 2.89. The Morgan fingerprint density at radius 1 is 1.15 bits per heavy atom. The van der Waals surface area contributed by atoms with Gasteiger partial charge in [0, 0.05) is 22.0 Å². The minimum atomic E-state index is -4.66. The van der Waals surface area contributed by atoms with Gasteiger partial charge in [-0.3, -0.25) is 4.79 Å². The second kappa shape index (κ2) is 7.67. The Bertz CT molecular complexity index is 942. The van der Waals surface area contributed by atoms with Gasteiger partial charge in [0.05, 0.1) is 4.90 Å². The van der Waals surface area contributed by atoms with E-state index >= 15 is 0 Å². The maximum atomic E-state index is 12.6. The number of halogens is 3. The molecule has 1 amide bonds. The second-order valence-electron chi connectivity index (χ2n) is 6.66. The molecule has 0 aliphatic heterocycles. The van der Waals surface area contributed by atoms with Crippen molar-refractivity contribution in [1.29, 1.82) is 0 Å². The van der Waals surface area contributed by atoms with E-state index in [2.05, 4.69) is 27.3 Å². The first-order chi connectivity index (χ1) is 12.7. The molecule has 0 unspecified atom stereocenters. The van der Waals surface area contributed by atoms with Crippen LogP contribution in [0.15, 0.2) is 57.9 Å². The highest BCUT2D eigenvalue weighted by Crippen LogP contribution is 2.43. The minimum Gasteiger partial charge on any atom is -0.351 e. The Morgan fingerprint density at radius 3 is 2.33 bits per heavy atom. The van der Waals surface area contributed by atoms with Crippen LogP contribution in [0.3, 0.4) is 0 Å². The zero-order chi connectivity index (χ0) is 19.7. The zero-order valence-electron chi connectivity index (χ0n) is 14.3. The second-order valence-corrected chi connectivity index (χ2v) is 9.49. The number of carbonyl (C=O) groups is 1. The number of amides is 1. The fourth-order valence-corrected chi connectivity index (χ4v) is 4.36. The van der Waals surface area contributed by atoms with Crippen LogP contribution >= 0.6 is 15.9 Å². The quantitative estimate of drug-likeness (QED) is 0.703. The maximum Gasteiger partial charge on any atom is 0.341 e. The lowest BCUT2D eigenvalue weighted by molar-refractivity contribution is 0.0927. The zero-order valence-corrected chi connectivity index (χ0v) is 16.7. The van der Waals surface area contributed by atoms with Crippen molar-refractivity contribution in [3.05, 3.63) is 64.1 Å². The van der Waals surface area contributed by atoms with Crippen molar-refractivity contribution >= 4 is 31.7 Å². The molecule has 0 spiro atoms. The van der Waals surface area contributed by atoms with Gasteiger partial charge in [0.25, 0.3) is 5.91 Å². The summed E-state index contributed by atoms with van der Waals surface area (Å²) < 4.78 is 49.0. The predicted octanol–water partition coefficient (Wildman–Crippen LogP) is 4.30. The van der Waals surface area contributed by atoms with Crippen molar-refractivity contribution in [1.82, 2.24) is 5.32 Å². The van der Waals surface area contributed by atoms with Crippen molar-refractivity contribution in [3.63, 3.8) is 0 Å². The van der Waals surface area contributed by atoms with E-state index in [1.807, 2.05) is 18.2 Å². The normalized spacial score (nSPS) is 16.0.